The second-order valence-electron chi connectivity index (χ2n) is 5.48. The average molecular weight is 219 g/mol. The molecule has 1 aromatic rings. The summed E-state index contributed by atoms with van der Waals surface area (Å²) in [5.41, 5.74) is 2.81. The van der Waals surface area contributed by atoms with Crippen molar-refractivity contribution in [1.29, 1.82) is 0 Å². The van der Waals surface area contributed by atoms with Crippen LogP contribution in [0.2, 0.25) is 0 Å². The van der Waals surface area contributed by atoms with Crippen molar-refractivity contribution in [3.8, 4) is 0 Å². The van der Waals surface area contributed by atoms with Gasteiger partial charge in [0.15, 0.2) is 0 Å². The van der Waals surface area contributed by atoms with Gasteiger partial charge in [-0.1, -0.05) is 24.3 Å². The highest BCUT2D eigenvalue weighted by Gasteiger charge is 2.37. The van der Waals surface area contributed by atoms with E-state index in [0.717, 1.165) is 19.5 Å². The van der Waals surface area contributed by atoms with Gasteiger partial charge >= 0.3 is 0 Å². The van der Waals surface area contributed by atoms with Crippen LogP contribution in [0.4, 0.5) is 0 Å². The fraction of sp³-hybridized carbons (Fsp3) is 0.571. The summed E-state index contributed by atoms with van der Waals surface area (Å²) in [6.45, 7) is 8.30. The van der Waals surface area contributed by atoms with E-state index in [1.54, 1.807) is 0 Å². The van der Waals surface area contributed by atoms with Gasteiger partial charge in [-0.3, -0.25) is 4.90 Å². The van der Waals surface area contributed by atoms with Crippen molar-refractivity contribution >= 4 is 0 Å². The molecule has 1 unspecified atom stereocenters. The summed E-state index contributed by atoms with van der Waals surface area (Å²) in [7, 11) is 0. The number of aliphatic hydroxyl groups excluding tert-OH is 1. The lowest BCUT2D eigenvalue weighted by Gasteiger charge is -2.31. The van der Waals surface area contributed by atoms with Crippen LogP contribution in [-0.2, 0) is 6.54 Å². The van der Waals surface area contributed by atoms with Gasteiger partial charge in [0, 0.05) is 18.6 Å². The monoisotopic (exact) mass is 219 g/mol. The van der Waals surface area contributed by atoms with Gasteiger partial charge in [-0.05, 0) is 38.3 Å². The molecule has 88 valence electrons. The van der Waals surface area contributed by atoms with Crippen molar-refractivity contribution < 1.29 is 5.11 Å². The van der Waals surface area contributed by atoms with E-state index in [9.17, 15) is 5.11 Å². The molecule has 0 spiro atoms. The molecule has 1 aliphatic rings. The Balaban J connectivity index is 2.14. The Morgan fingerprint density at radius 2 is 2.06 bits per heavy atom. The quantitative estimate of drug-likeness (QED) is 0.825. The zero-order valence-electron chi connectivity index (χ0n) is 10.4. The van der Waals surface area contributed by atoms with Crippen LogP contribution in [-0.4, -0.2) is 28.2 Å². The van der Waals surface area contributed by atoms with Crippen LogP contribution in [0.25, 0.3) is 0 Å². The Morgan fingerprint density at radius 3 is 2.62 bits per heavy atom. The lowest BCUT2D eigenvalue weighted by atomic mass is 10.00. The van der Waals surface area contributed by atoms with E-state index >= 15 is 0 Å². The topological polar surface area (TPSA) is 23.5 Å². The summed E-state index contributed by atoms with van der Waals surface area (Å²) in [5.74, 6) is 0. The molecule has 0 aliphatic carbocycles. The summed E-state index contributed by atoms with van der Waals surface area (Å²) in [6.07, 6.45) is 0.706. The minimum Gasteiger partial charge on any atom is -0.392 e. The number of nitrogens with zero attached hydrogens (tertiary/aromatic N) is 1. The molecular formula is C14H21NO. The van der Waals surface area contributed by atoms with Gasteiger partial charge in [0.05, 0.1) is 6.10 Å². The zero-order chi connectivity index (χ0) is 11.8. The van der Waals surface area contributed by atoms with Crippen molar-refractivity contribution in [3.05, 3.63) is 35.4 Å². The number of aliphatic hydroxyl groups is 1. The largest absolute Gasteiger partial charge is 0.392 e. The molecule has 2 nitrogen and oxygen atoms in total. The van der Waals surface area contributed by atoms with Crippen molar-refractivity contribution in [2.24, 2.45) is 0 Å². The second kappa shape index (κ2) is 4.19. The number of hydrogen-bond acceptors (Lipinski definition) is 2. The smallest absolute Gasteiger partial charge is 0.0684 e. The summed E-state index contributed by atoms with van der Waals surface area (Å²) >= 11 is 0. The van der Waals surface area contributed by atoms with E-state index < -0.39 is 0 Å². The zero-order valence-corrected chi connectivity index (χ0v) is 10.4. The van der Waals surface area contributed by atoms with Crippen LogP contribution in [0.3, 0.4) is 0 Å². The highest BCUT2D eigenvalue weighted by molar-refractivity contribution is 5.25. The lowest BCUT2D eigenvalue weighted by Crippen LogP contribution is -2.37. The first kappa shape index (κ1) is 11.6. The lowest BCUT2D eigenvalue weighted by molar-refractivity contribution is 0.156. The highest BCUT2D eigenvalue weighted by Crippen LogP contribution is 2.30. The molecular weight excluding hydrogens is 198 g/mol. The molecule has 2 heteroatoms. The van der Waals surface area contributed by atoms with Gasteiger partial charge in [0.1, 0.15) is 0 Å². The second-order valence-corrected chi connectivity index (χ2v) is 5.48. The molecule has 0 amide bonds. The van der Waals surface area contributed by atoms with E-state index in [1.165, 1.54) is 11.1 Å². The van der Waals surface area contributed by atoms with E-state index in [0.29, 0.717) is 0 Å². The van der Waals surface area contributed by atoms with E-state index in [4.69, 9.17) is 0 Å². The third-order valence-corrected chi connectivity index (χ3v) is 3.64. The van der Waals surface area contributed by atoms with Gasteiger partial charge < -0.3 is 5.11 Å². The summed E-state index contributed by atoms with van der Waals surface area (Å²) in [4.78, 5) is 2.38. The number of benzene rings is 1. The summed E-state index contributed by atoms with van der Waals surface area (Å²) < 4.78 is 0. The van der Waals surface area contributed by atoms with Crippen molar-refractivity contribution in [3.63, 3.8) is 0 Å². The summed E-state index contributed by atoms with van der Waals surface area (Å²) in [5, 5.41) is 9.74. The van der Waals surface area contributed by atoms with Crippen molar-refractivity contribution in [1.82, 2.24) is 4.90 Å². The molecule has 0 saturated carbocycles. The third-order valence-electron chi connectivity index (χ3n) is 3.64. The minimum absolute atomic E-state index is 0.113. The Bertz CT molecular complexity index is 373. The van der Waals surface area contributed by atoms with Gasteiger partial charge in [0.2, 0.25) is 0 Å². The van der Waals surface area contributed by atoms with Crippen molar-refractivity contribution in [2.75, 3.05) is 6.54 Å². The van der Waals surface area contributed by atoms with Crippen LogP contribution in [0.15, 0.2) is 24.3 Å². The number of rotatable bonds is 2. The molecule has 1 atom stereocenters. The molecule has 0 radical (unpaired) electrons. The SMILES string of the molecule is Cc1ccccc1CN1CC(O)CC1(C)C. The average Bonchev–Trinajstić information content (AvgIpc) is 2.43. The molecule has 16 heavy (non-hydrogen) atoms. The van der Waals surface area contributed by atoms with Crippen molar-refractivity contribution in [2.45, 2.75) is 45.4 Å². The van der Waals surface area contributed by atoms with Crippen LogP contribution >= 0.6 is 0 Å². The predicted molar refractivity (Wildman–Crippen MR) is 66.3 cm³/mol. The molecule has 1 aromatic carbocycles. The van der Waals surface area contributed by atoms with E-state index in [2.05, 4.69) is 49.9 Å². The van der Waals surface area contributed by atoms with Crippen LogP contribution in [0.5, 0.6) is 0 Å². The maximum absolute atomic E-state index is 9.74. The first-order valence-corrected chi connectivity index (χ1v) is 5.97. The van der Waals surface area contributed by atoms with Gasteiger partial charge in [-0.15, -0.1) is 0 Å². The molecule has 0 bridgehead atoms. The van der Waals surface area contributed by atoms with Gasteiger partial charge in [-0.25, -0.2) is 0 Å². The first-order chi connectivity index (χ1) is 7.49. The maximum atomic E-state index is 9.74. The Hall–Kier alpha value is -0.860. The predicted octanol–water partition coefficient (Wildman–Crippen LogP) is 2.34. The standard InChI is InChI=1S/C14H21NO/c1-11-6-4-5-7-12(11)9-15-10-13(16)8-14(15,2)3/h4-7,13,16H,8-10H2,1-3H3. The maximum Gasteiger partial charge on any atom is 0.0684 e. The number of hydrogen-bond donors (Lipinski definition) is 1. The van der Waals surface area contributed by atoms with Crippen LogP contribution in [0.1, 0.15) is 31.4 Å². The fourth-order valence-electron chi connectivity index (χ4n) is 2.54. The molecule has 0 aromatic heterocycles. The Labute approximate surface area is 97.9 Å². The number of likely N-dealkylation sites (tertiary alicyclic amines) is 1. The molecule has 2 rings (SSSR count). The molecule has 1 aliphatic heterocycles. The van der Waals surface area contributed by atoms with Crippen LogP contribution < -0.4 is 0 Å². The van der Waals surface area contributed by atoms with E-state index in [-0.39, 0.29) is 11.6 Å². The molecule has 1 N–H and O–H groups in total. The molecule has 1 saturated heterocycles. The van der Waals surface area contributed by atoms with Crippen LogP contribution in [0, 0.1) is 6.92 Å². The highest BCUT2D eigenvalue weighted by atomic mass is 16.3. The van der Waals surface area contributed by atoms with Gasteiger partial charge in [0.25, 0.3) is 0 Å². The van der Waals surface area contributed by atoms with E-state index in [1.807, 2.05) is 0 Å². The Morgan fingerprint density at radius 1 is 1.38 bits per heavy atom. The summed E-state index contributed by atoms with van der Waals surface area (Å²) in [6, 6.07) is 8.48. The number of β-amino-alcohol motifs (C(OH)–C–C–N with tert-alkyl or cyclic N) is 1. The molecule has 1 heterocycles. The van der Waals surface area contributed by atoms with Gasteiger partial charge in [-0.2, -0.15) is 0 Å². The molecule has 1 fully saturated rings. The normalized spacial score (nSPS) is 24.9. The Kier molecular flexibility index (Phi) is 3.04. The fourth-order valence-corrected chi connectivity index (χ4v) is 2.54. The first-order valence-electron chi connectivity index (χ1n) is 5.97. The number of aryl methyl sites for hydroxylation is 1. The minimum atomic E-state index is -0.168. The third kappa shape index (κ3) is 2.28.